The van der Waals surface area contributed by atoms with E-state index in [1.807, 2.05) is 0 Å². The van der Waals surface area contributed by atoms with Gasteiger partial charge in [-0.2, -0.15) is 0 Å². The fraction of sp³-hybridized carbons (Fsp3) is 0.769. The summed E-state index contributed by atoms with van der Waals surface area (Å²) in [5, 5.41) is 6.84. The zero-order valence-corrected chi connectivity index (χ0v) is 11.8. The molecule has 96 valence electrons. The average Bonchev–Trinajstić information content (AvgIpc) is 2.86. The Labute approximate surface area is 108 Å². The molecule has 0 bridgehead atoms. The van der Waals surface area contributed by atoms with Crippen molar-refractivity contribution >= 4 is 11.3 Å². The predicted molar refractivity (Wildman–Crippen MR) is 71.4 cm³/mol. The highest BCUT2D eigenvalue weighted by molar-refractivity contribution is 7.09. The zero-order valence-electron chi connectivity index (χ0n) is 11.0. The Morgan fingerprint density at radius 3 is 2.94 bits per heavy atom. The maximum Gasteiger partial charge on any atom is 0.107 e. The van der Waals surface area contributed by atoms with E-state index in [2.05, 4.69) is 36.5 Å². The van der Waals surface area contributed by atoms with Crippen molar-refractivity contribution in [3.63, 3.8) is 0 Å². The van der Waals surface area contributed by atoms with Gasteiger partial charge in [0.2, 0.25) is 0 Å². The number of thiazole rings is 1. The largest absolute Gasteiger partial charge is 0.381 e. The molecule has 0 aromatic carbocycles. The van der Waals surface area contributed by atoms with Crippen LogP contribution in [-0.2, 0) is 16.7 Å². The van der Waals surface area contributed by atoms with Gasteiger partial charge in [-0.25, -0.2) is 4.98 Å². The van der Waals surface area contributed by atoms with E-state index in [1.54, 1.807) is 11.3 Å². The molecular formula is C13H22N2OS. The Hall–Kier alpha value is -0.450. The molecule has 1 aliphatic rings. The summed E-state index contributed by atoms with van der Waals surface area (Å²) >= 11 is 1.75. The summed E-state index contributed by atoms with van der Waals surface area (Å²) in [6, 6.07) is 0. The number of nitrogens with zero attached hydrogens (tertiary/aromatic N) is 1. The van der Waals surface area contributed by atoms with Gasteiger partial charge in [0.05, 0.1) is 12.3 Å². The Morgan fingerprint density at radius 2 is 2.35 bits per heavy atom. The summed E-state index contributed by atoms with van der Waals surface area (Å²) in [5.41, 5.74) is 1.36. The minimum Gasteiger partial charge on any atom is -0.381 e. The molecule has 1 atom stereocenters. The van der Waals surface area contributed by atoms with Gasteiger partial charge in [0.15, 0.2) is 0 Å². The van der Waals surface area contributed by atoms with Gasteiger partial charge in [0.25, 0.3) is 0 Å². The average molecular weight is 254 g/mol. The maximum atomic E-state index is 5.36. The van der Waals surface area contributed by atoms with Gasteiger partial charge < -0.3 is 10.1 Å². The second-order valence-electron chi connectivity index (χ2n) is 5.74. The van der Waals surface area contributed by atoms with E-state index in [9.17, 15) is 0 Å². The van der Waals surface area contributed by atoms with Crippen molar-refractivity contribution < 1.29 is 4.74 Å². The summed E-state index contributed by atoms with van der Waals surface area (Å²) in [7, 11) is 0. The third-order valence-electron chi connectivity index (χ3n) is 3.05. The third-order valence-corrected chi connectivity index (χ3v) is 3.90. The molecule has 1 aromatic heterocycles. The van der Waals surface area contributed by atoms with Crippen molar-refractivity contribution in [2.24, 2.45) is 5.92 Å². The lowest BCUT2D eigenvalue weighted by molar-refractivity contribution is 0.185. The van der Waals surface area contributed by atoms with Crippen LogP contribution in [0.25, 0.3) is 0 Å². The number of aromatic nitrogens is 1. The number of hydrogen-bond acceptors (Lipinski definition) is 4. The fourth-order valence-corrected chi connectivity index (χ4v) is 2.85. The number of ether oxygens (including phenoxy) is 1. The Bertz CT molecular complexity index is 351. The van der Waals surface area contributed by atoms with Gasteiger partial charge >= 0.3 is 0 Å². The normalized spacial score (nSPS) is 21.0. The minimum atomic E-state index is 0.161. The lowest BCUT2D eigenvalue weighted by atomic mass is 9.93. The molecule has 1 aromatic rings. The van der Waals surface area contributed by atoms with Gasteiger partial charge in [-0.15, -0.1) is 11.3 Å². The fourth-order valence-electron chi connectivity index (χ4n) is 1.86. The smallest absolute Gasteiger partial charge is 0.107 e. The van der Waals surface area contributed by atoms with E-state index >= 15 is 0 Å². The quantitative estimate of drug-likeness (QED) is 0.896. The van der Waals surface area contributed by atoms with Gasteiger partial charge in [0, 0.05) is 30.5 Å². The van der Waals surface area contributed by atoms with Crippen molar-refractivity contribution in [1.29, 1.82) is 0 Å². The summed E-state index contributed by atoms with van der Waals surface area (Å²) in [6.07, 6.45) is 1.19. The Kier molecular flexibility index (Phi) is 4.17. The van der Waals surface area contributed by atoms with Crippen LogP contribution in [0.4, 0.5) is 0 Å². The van der Waals surface area contributed by atoms with Crippen LogP contribution in [0.1, 0.15) is 37.9 Å². The van der Waals surface area contributed by atoms with Crippen molar-refractivity contribution in [3.8, 4) is 0 Å². The summed E-state index contributed by atoms with van der Waals surface area (Å²) in [5.74, 6) is 0.692. The lowest BCUT2D eigenvalue weighted by Crippen LogP contribution is -2.22. The van der Waals surface area contributed by atoms with Gasteiger partial charge in [-0.1, -0.05) is 20.8 Å². The Balaban J connectivity index is 1.77. The molecule has 1 saturated heterocycles. The number of hydrogen-bond donors (Lipinski definition) is 1. The Morgan fingerprint density at radius 1 is 1.53 bits per heavy atom. The van der Waals surface area contributed by atoms with Crippen LogP contribution < -0.4 is 5.32 Å². The molecule has 0 spiro atoms. The second kappa shape index (κ2) is 5.46. The molecule has 2 rings (SSSR count). The van der Waals surface area contributed by atoms with Crippen LogP contribution in [-0.4, -0.2) is 24.7 Å². The molecule has 1 fully saturated rings. The van der Waals surface area contributed by atoms with Gasteiger partial charge in [-0.05, 0) is 12.3 Å². The first-order chi connectivity index (χ1) is 8.05. The van der Waals surface area contributed by atoms with E-state index in [-0.39, 0.29) is 5.41 Å². The highest BCUT2D eigenvalue weighted by Gasteiger charge is 2.18. The standard InChI is InChI=1S/C13H22N2OS/c1-13(2,3)11-9-17-12(15-11)7-14-6-10-4-5-16-8-10/h9-10,14H,4-8H2,1-3H3. The molecule has 0 radical (unpaired) electrons. The van der Waals surface area contributed by atoms with Crippen molar-refractivity contribution in [2.45, 2.75) is 39.2 Å². The summed E-state index contributed by atoms with van der Waals surface area (Å²) < 4.78 is 5.36. The highest BCUT2D eigenvalue weighted by atomic mass is 32.1. The van der Waals surface area contributed by atoms with E-state index in [0.717, 1.165) is 26.3 Å². The first-order valence-electron chi connectivity index (χ1n) is 6.29. The van der Waals surface area contributed by atoms with Crippen molar-refractivity contribution in [1.82, 2.24) is 10.3 Å². The lowest BCUT2D eigenvalue weighted by Gasteiger charge is -2.14. The third kappa shape index (κ3) is 3.76. The van der Waals surface area contributed by atoms with Crippen LogP contribution in [0.5, 0.6) is 0 Å². The van der Waals surface area contributed by atoms with E-state index in [1.165, 1.54) is 17.1 Å². The molecule has 17 heavy (non-hydrogen) atoms. The van der Waals surface area contributed by atoms with Crippen molar-refractivity contribution in [2.75, 3.05) is 19.8 Å². The first-order valence-corrected chi connectivity index (χ1v) is 7.17. The summed E-state index contributed by atoms with van der Waals surface area (Å²) in [4.78, 5) is 4.67. The van der Waals surface area contributed by atoms with E-state index < -0.39 is 0 Å². The monoisotopic (exact) mass is 254 g/mol. The molecular weight excluding hydrogens is 232 g/mol. The molecule has 0 saturated carbocycles. The van der Waals surface area contributed by atoms with Crippen LogP contribution >= 0.6 is 11.3 Å². The van der Waals surface area contributed by atoms with E-state index in [0.29, 0.717) is 5.92 Å². The molecule has 2 heterocycles. The maximum absolute atomic E-state index is 5.36. The second-order valence-corrected chi connectivity index (χ2v) is 6.68. The summed E-state index contributed by atoms with van der Waals surface area (Å²) in [6.45, 7) is 10.4. The molecule has 3 nitrogen and oxygen atoms in total. The number of nitrogens with one attached hydrogen (secondary N) is 1. The van der Waals surface area contributed by atoms with Crippen molar-refractivity contribution in [3.05, 3.63) is 16.1 Å². The van der Waals surface area contributed by atoms with Crippen LogP contribution in [0.3, 0.4) is 0 Å². The van der Waals surface area contributed by atoms with E-state index in [4.69, 9.17) is 4.74 Å². The first kappa shape index (κ1) is 13.0. The molecule has 1 unspecified atom stereocenters. The van der Waals surface area contributed by atoms with Crippen LogP contribution in [0.15, 0.2) is 5.38 Å². The predicted octanol–water partition coefficient (Wildman–Crippen LogP) is 2.57. The topological polar surface area (TPSA) is 34.1 Å². The van der Waals surface area contributed by atoms with Crippen LogP contribution in [0, 0.1) is 5.92 Å². The molecule has 1 aliphatic heterocycles. The van der Waals surface area contributed by atoms with Gasteiger partial charge in [-0.3, -0.25) is 0 Å². The van der Waals surface area contributed by atoms with Gasteiger partial charge in [0.1, 0.15) is 5.01 Å². The molecule has 0 amide bonds. The SMILES string of the molecule is CC(C)(C)c1csc(CNCC2CCOC2)n1. The molecule has 1 N–H and O–H groups in total. The zero-order chi connectivity index (χ0) is 12.3. The highest BCUT2D eigenvalue weighted by Crippen LogP contribution is 2.23. The van der Waals surface area contributed by atoms with Crippen LogP contribution in [0.2, 0.25) is 0 Å². The minimum absolute atomic E-state index is 0.161. The molecule has 4 heteroatoms. The number of rotatable bonds is 4. The molecule has 0 aliphatic carbocycles.